The van der Waals surface area contributed by atoms with Crippen LogP contribution in [0.4, 0.5) is 11.5 Å². The molecule has 5 rings (SSSR count). The van der Waals surface area contributed by atoms with E-state index in [9.17, 15) is 5.11 Å². The number of phenols is 1. The number of morpholine rings is 1. The third-order valence-corrected chi connectivity index (χ3v) is 5.95. The van der Waals surface area contributed by atoms with Crippen molar-refractivity contribution in [1.82, 2.24) is 14.9 Å². The molecule has 0 unspecified atom stereocenters. The van der Waals surface area contributed by atoms with Gasteiger partial charge in [0.25, 0.3) is 0 Å². The van der Waals surface area contributed by atoms with E-state index in [1.165, 1.54) is 6.33 Å². The van der Waals surface area contributed by atoms with Gasteiger partial charge >= 0.3 is 0 Å². The maximum absolute atomic E-state index is 9.68. The zero-order valence-corrected chi connectivity index (χ0v) is 16.5. The molecule has 0 amide bonds. The molecule has 0 saturated carbocycles. The fourth-order valence-electron chi connectivity index (χ4n) is 3.36. The van der Waals surface area contributed by atoms with Gasteiger partial charge in [0, 0.05) is 24.8 Å². The standard InChI is InChI=1S/C21H20N4O3S/c26-15-3-1-2-14(10-15)24-21-20-17(22-13-23-21)11-19(29-20)18-5-4-16(28-18)12-25-6-8-27-9-7-25/h1-5,10-11,13,26H,6-9,12H2,(H,22,23,24). The van der Waals surface area contributed by atoms with Crippen LogP contribution in [0.2, 0.25) is 0 Å². The summed E-state index contributed by atoms with van der Waals surface area (Å²) in [5.41, 5.74) is 1.62. The Morgan fingerprint density at radius 2 is 2.00 bits per heavy atom. The number of rotatable bonds is 5. The Bertz CT molecular complexity index is 1130. The molecule has 0 atom stereocenters. The summed E-state index contributed by atoms with van der Waals surface area (Å²) in [7, 11) is 0. The van der Waals surface area contributed by atoms with Gasteiger partial charge in [-0.15, -0.1) is 11.3 Å². The highest BCUT2D eigenvalue weighted by Crippen LogP contribution is 2.37. The lowest BCUT2D eigenvalue weighted by atomic mass is 10.3. The molecule has 1 fully saturated rings. The topological polar surface area (TPSA) is 83.7 Å². The van der Waals surface area contributed by atoms with Crippen molar-refractivity contribution in [2.24, 2.45) is 0 Å². The van der Waals surface area contributed by atoms with Gasteiger partial charge < -0.3 is 19.6 Å². The monoisotopic (exact) mass is 408 g/mol. The van der Waals surface area contributed by atoms with Crippen LogP contribution >= 0.6 is 11.3 Å². The summed E-state index contributed by atoms with van der Waals surface area (Å²) >= 11 is 1.58. The van der Waals surface area contributed by atoms with Crippen molar-refractivity contribution >= 4 is 33.1 Å². The predicted molar refractivity (Wildman–Crippen MR) is 113 cm³/mol. The first-order valence-electron chi connectivity index (χ1n) is 9.44. The van der Waals surface area contributed by atoms with Crippen LogP contribution in [0.1, 0.15) is 5.76 Å². The molecule has 1 aromatic carbocycles. The number of nitrogens with one attached hydrogen (secondary N) is 1. The summed E-state index contributed by atoms with van der Waals surface area (Å²) in [6, 6.07) is 13.0. The van der Waals surface area contributed by atoms with Gasteiger partial charge in [0.05, 0.1) is 34.9 Å². The largest absolute Gasteiger partial charge is 0.508 e. The van der Waals surface area contributed by atoms with Gasteiger partial charge in [-0.1, -0.05) is 6.07 Å². The Kier molecular flexibility index (Phi) is 4.89. The van der Waals surface area contributed by atoms with E-state index in [0.717, 1.165) is 65.1 Å². The van der Waals surface area contributed by atoms with Crippen LogP contribution in [0.3, 0.4) is 0 Å². The van der Waals surface area contributed by atoms with Gasteiger partial charge in [-0.05, 0) is 30.3 Å². The maximum Gasteiger partial charge on any atom is 0.151 e. The van der Waals surface area contributed by atoms with E-state index in [1.807, 2.05) is 24.3 Å². The lowest BCUT2D eigenvalue weighted by Crippen LogP contribution is -2.35. The first-order chi connectivity index (χ1) is 14.2. The number of furan rings is 1. The molecule has 0 bridgehead atoms. The van der Waals surface area contributed by atoms with Gasteiger partial charge in [-0.25, -0.2) is 9.97 Å². The second kappa shape index (κ2) is 7.82. The van der Waals surface area contributed by atoms with Crippen LogP contribution in [0.15, 0.2) is 53.2 Å². The Labute approximate surface area is 171 Å². The zero-order chi connectivity index (χ0) is 19.6. The summed E-state index contributed by atoms with van der Waals surface area (Å²) < 4.78 is 12.4. The molecule has 0 radical (unpaired) electrons. The number of hydrogen-bond acceptors (Lipinski definition) is 8. The van der Waals surface area contributed by atoms with Gasteiger partial charge in [0.15, 0.2) is 5.82 Å². The zero-order valence-electron chi connectivity index (χ0n) is 15.7. The minimum atomic E-state index is 0.204. The van der Waals surface area contributed by atoms with E-state index in [-0.39, 0.29) is 5.75 Å². The molecule has 1 aliphatic rings. The van der Waals surface area contributed by atoms with Crippen molar-refractivity contribution in [3.05, 3.63) is 54.6 Å². The van der Waals surface area contributed by atoms with Crippen molar-refractivity contribution in [3.8, 4) is 16.4 Å². The van der Waals surface area contributed by atoms with Crippen LogP contribution in [-0.2, 0) is 11.3 Å². The van der Waals surface area contributed by atoms with E-state index >= 15 is 0 Å². The first-order valence-corrected chi connectivity index (χ1v) is 10.3. The van der Waals surface area contributed by atoms with Gasteiger partial charge in [-0.2, -0.15) is 0 Å². The maximum atomic E-state index is 9.68. The van der Waals surface area contributed by atoms with Gasteiger partial charge in [0.1, 0.15) is 23.6 Å². The second-order valence-electron chi connectivity index (χ2n) is 6.88. The first kappa shape index (κ1) is 18.1. The molecule has 4 heterocycles. The van der Waals surface area contributed by atoms with Crippen molar-refractivity contribution in [2.45, 2.75) is 6.54 Å². The van der Waals surface area contributed by atoms with Gasteiger partial charge in [0.2, 0.25) is 0 Å². The van der Waals surface area contributed by atoms with Crippen LogP contribution in [0.5, 0.6) is 5.75 Å². The quantitative estimate of drug-likeness (QED) is 0.511. The highest BCUT2D eigenvalue weighted by molar-refractivity contribution is 7.22. The number of fused-ring (bicyclic) bond motifs is 1. The lowest BCUT2D eigenvalue weighted by Gasteiger charge is -2.25. The van der Waals surface area contributed by atoms with E-state index in [2.05, 4.69) is 20.2 Å². The highest BCUT2D eigenvalue weighted by atomic mass is 32.1. The molecule has 3 aromatic heterocycles. The summed E-state index contributed by atoms with van der Waals surface area (Å²) in [5.74, 6) is 2.69. The predicted octanol–water partition coefficient (Wildman–Crippen LogP) is 4.23. The third kappa shape index (κ3) is 3.95. The SMILES string of the molecule is Oc1cccc(Nc2ncnc3cc(-c4ccc(CN5CCOCC5)o4)sc23)c1. The van der Waals surface area contributed by atoms with Crippen LogP contribution < -0.4 is 5.32 Å². The van der Waals surface area contributed by atoms with Crippen LogP contribution in [-0.4, -0.2) is 46.3 Å². The number of aromatic hydroxyl groups is 1. The van der Waals surface area contributed by atoms with Crippen molar-refractivity contribution < 1.29 is 14.3 Å². The molecule has 2 N–H and O–H groups in total. The number of aromatic nitrogens is 2. The van der Waals surface area contributed by atoms with E-state index in [4.69, 9.17) is 9.15 Å². The smallest absolute Gasteiger partial charge is 0.151 e. The molecule has 1 saturated heterocycles. The average Bonchev–Trinajstić information content (AvgIpc) is 3.36. The summed E-state index contributed by atoms with van der Waals surface area (Å²) in [5, 5.41) is 12.9. The summed E-state index contributed by atoms with van der Waals surface area (Å²) in [6.07, 6.45) is 1.54. The number of anilines is 2. The Morgan fingerprint density at radius 1 is 1.10 bits per heavy atom. The molecule has 1 aliphatic heterocycles. The number of thiophene rings is 1. The van der Waals surface area contributed by atoms with E-state index < -0.39 is 0 Å². The highest BCUT2D eigenvalue weighted by Gasteiger charge is 2.16. The minimum absolute atomic E-state index is 0.204. The van der Waals surface area contributed by atoms with Gasteiger partial charge in [-0.3, -0.25) is 4.90 Å². The third-order valence-electron chi connectivity index (χ3n) is 4.81. The Balaban J connectivity index is 1.40. The molecular formula is C21H20N4O3S. The molecular weight excluding hydrogens is 388 g/mol. The lowest BCUT2D eigenvalue weighted by molar-refractivity contribution is 0.0314. The van der Waals surface area contributed by atoms with Crippen LogP contribution in [0, 0.1) is 0 Å². The fourth-order valence-corrected chi connectivity index (χ4v) is 4.38. The number of benzene rings is 1. The molecule has 0 aliphatic carbocycles. The molecule has 7 nitrogen and oxygen atoms in total. The van der Waals surface area contributed by atoms with Crippen LogP contribution in [0.25, 0.3) is 20.9 Å². The van der Waals surface area contributed by atoms with E-state index in [1.54, 1.807) is 29.5 Å². The molecule has 8 heteroatoms. The summed E-state index contributed by atoms with van der Waals surface area (Å²) in [6.45, 7) is 4.20. The molecule has 0 spiro atoms. The molecule has 148 valence electrons. The second-order valence-corrected chi connectivity index (χ2v) is 7.93. The Morgan fingerprint density at radius 3 is 2.86 bits per heavy atom. The van der Waals surface area contributed by atoms with Crippen molar-refractivity contribution in [2.75, 3.05) is 31.6 Å². The minimum Gasteiger partial charge on any atom is -0.508 e. The number of hydrogen-bond donors (Lipinski definition) is 2. The van der Waals surface area contributed by atoms with E-state index in [0.29, 0.717) is 5.82 Å². The molecule has 29 heavy (non-hydrogen) atoms. The number of ether oxygens (including phenoxy) is 1. The summed E-state index contributed by atoms with van der Waals surface area (Å²) in [4.78, 5) is 12.1. The number of phenolic OH excluding ortho intramolecular Hbond substituents is 1. The molecule has 4 aromatic rings. The Hall–Kier alpha value is -2.94. The van der Waals surface area contributed by atoms with Crippen molar-refractivity contribution in [1.29, 1.82) is 0 Å². The average molecular weight is 408 g/mol. The fraction of sp³-hybridized carbons (Fsp3) is 0.238. The normalized spacial score (nSPS) is 15.0. The van der Waals surface area contributed by atoms with Crippen molar-refractivity contribution in [3.63, 3.8) is 0 Å². The number of nitrogens with zero attached hydrogens (tertiary/aromatic N) is 3.